The van der Waals surface area contributed by atoms with E-state index >= 15 is 0 Å². The van der Waals surface area contributed by atoms with Gasteiger partial charge in [0.25, 0.3) is 11.8 Å². The van der Waals surface area contributed by atoms with E-state index in [1.807, 2.05) is 17.0 Å². The maximum absolute atomic E-state index is 13.3. The molecule has 3 aliphatic heterocycles. The zero-order valence-corrected chi connectivity index (χ0v) is 19.6. The van der Waals surface area contributed by atoms with E-state index < -0.39 is 12.1 Å². The number of imide groups is 1. The molecule has 0 N–H and O–H groups in total. The van der Waals surface area contributed by atoms with Gasteiger partial charge >= 0.3 is 0 Å². The van der Waals surface area contributed by atoms with Crippen LogP contribution in [0.3, 0.4) is 0 Å². The lowest BCUT2D eigenvalue weighted by molar-refractivity contribution is -0.143. The minimum absolute atomic E-state index is 0.0729. The normalized spacial score (nSPS) is 22.3. The van der Waals surface area contributed by atoms with Gasteiger partial charge in [-0.2, -0.15) is 0 Å². The molecular weight excluding hydrogens is 454 g/mol. The zero-order valence-electron chi connectivity index (χ0n) is 19.6. The summed E-state index contributed by atoms with van der Waals surface area (Å²) >= 11 is 0. The van der Waals surface area contributed by atoms with E-state index in [1.54, 1.807) is 35.2 Å². The van der Waals surface area contributed by atoms with Crippen molar-refractivity contribution in [3.05, 3.63) is 42.5 Å². The summed E-state index contributed by atoms with van der Waals surface area (Å²) in [6, 6.07) is 11.7. The lowest BCUT2D eigenvalue weighted by Gasteiger charge is -2.38. The Morgan fingerprint density at radius 3 is 2.43 bits per heavy atom. The number of para-hydroxylation sites is 2. The van der Waals surface area contributed by atoms with Crippen LogP contribution in [0.25, 0.3) is 0 Å². The van der Waals surface area contributed by atoms with Gasteiger partial charge < -0.3 is 23.8 Å². The van der Waals surface area contributed by atoms with Gasteiger partial charge in [-0.15, -0.1) is 0 Å². The first-order chi connectivity index (χ1) is 17.0. The van der Waals surface area contributed by atoms with Crippen molar-refractivity contribution in [2.75, 3.05) is 51.9 Å². The summed E-state index contributed by atoms with van der Waals surface area (Å²) in [5.74, 6) is 1.38. The molecule has 0 unspecified atom stereocenters. The highest BCUT2D eigenvalue weighted by Gasteiger charge is 2.45. The molecular formula is C25H27N3O7. The number of carbonyl (C=O) groups is 3. The number of carbonyl (C=O) groups excluding carboxylic acids is 3. The van der Waals surface area contributed by atoms with Crippen LogP contribution >= 0.6 is 0 Å². The molecule has 2 aromatic rings. The molecule has 0 aliphatic carbocycles. The molecule has 10 heteroatoms. The largest absolute Gasteiger partial charge is 0.497 e. The molecule has 10 nitrogen and oxygen atoms in total. The number of fused-ring (bicyclic) bond motifs is 1. The van der Waals surface area contributed by atoms with Crippen LogP contribution in [0.5, 0.6) is 23.0 Å². The molecule has 2 atom stereocenters. The van der Waals surface area contributed by atoms with Gasteiger partial charge in [0.1, 0.15) is 18.1 Å². The molecule has 3 aliphatic rings. The Balaban J connectivity index is 1.23. The highest BCUT2D eigenvalue weighted by Crippen LogP contribution is 2.36. The number of piperazine rings is 1. The lowest BCUT2D eigenvalue weighted by Crippen LogP contribution is -2.57. The molecule has 0 saturated carbocycles. The Morgan fingerprint density at radius 1 is 0.971 bits per heavy atom. The third-order valence-electron chi connectivity index (χ3n) is 6.60. The van der Waals surface area contributed by atoms with Crippen molar-refractivity contribution < 1.29 is 33.3 Å². The first kappa shape index (κ1) is 23.0. The van der Waals surface area contributed by atoms with Crippen molar-refractivity contribution in [1.29, 1.82) is 0 Å². The summed E-state index contributed by atoms with van der Waals surface area (Å²) in [7, 11) is 3.01. The Kier molecular flexibility index (Phi) is 6.21. The first-order valence-corrected chi connectivity index (χ1v) is 11.5. The number of rotatable bonds is 5. The molecule has 0 bridgehead atoms. The van der Waals surface area contributed by atoms with Crippen LogP contribution in [0.15, 0.2) is 42.5 Å². The summed E-state index contributed by atoms with van der Waals surface area (Å²) < 4.78 is 22.2. The molecule has 0 radical (unpaired) electrons. The van der Waals surface area contributed by atoms with E-state index in [0.29, 0.717) is 54.9 Å². The zero-order chi connectivity index (χ0) is 24.5. The van der Waals surface area contributed by atoms with Crippen molar-refractivity contribution >= 4 is 23.4 Å². The third-order valence-corrected chi connectivity index (χ3v) is 6.60. The van der Waals surface area contributed by atoms with Crippen LogP contribution in [-0.2, 0) is 14.4 Å². The van der Waals surface area contributed by atoms with Crippen LogP contribution in [0.4, 0.5) is 5.69 Å². The first-order valence-electron chi connectivity index (χ1n) is 11.5. The second kappa shape index (κ2) is 9.46. The fourth-order valence-corrected chi connectivity index (χ4v) is 4.72. The van der Waals surface area contributed by atoms with Gasteiger partial charge in [0, 0.05) is 32.2 Å². The van der Waals surface area contributed by atoms with Crippen molar-refractivity contribution in [1.82, 2.24) is 9.80 Å². The summed E-state index contributed by atoms with van der Waals surface area (Å²) in [5, 5.41) is 0. The molecule has 5 rings (SSSR count). The van der Waals surface area contributed by atoms with Gasteiger partial charge in [-0.3, -0.25) is 19.3 Å². The van der Waals surface area contributed by atoms with E-state index in [-0.39, 0.29) is 30.7 Å². The number of anilines is 1. The van der Waals surface area contributed by atoms with E-state index in [9.17, 15) is 14.4 Å². The number of benzene rings is 2. The van der Waals surface area contributed by atoms with Crippen molar-refractivity contribution in [2.45, 2.75) is 18.6 Å². The highest BCUT2D eigenvalue weighted by atomic mass is 16.6. The predicted octanol–water partition coefficient (Wildman–Crippen LogP) is 1.32. The Morgan fingerprint density at radius 2 is 1.71 bits per heavy atom. The monoisotopic (exact) mass is 481 g/mol. The maximum Gasteiger partial charge on any atom is 0.267 e. The molecule has 3 heterocycles. The fraction of sp³-hybridized carbons (Fsp3) is 0.400. The highest BCUT2D eigenvalue weighted by molar-refractivity contribution is 6.23. The number of hydrogen-bond donors (Lipinski definition) is 0. The molecule has 2 aromatic carbocycles. The van der Waals surface area contributed by atoms with Crippen LogP contribution < -0.4 is 23.8 Å². The summed E-state index contributed by atoms with van der Waals surface area (Å²) in [4.78, 5) is 44.1. The van der Waals surface area contributed by atoms with E-state index in [2.05, 4.69) is 0 Å². The summed E-state index contributed by atoms with van der Waals surface area (Å²) in [6.45, 7) is 1.97. The van der Waals surface area contributed by atoms with Gasteiger partial charge in [-0.1, -0.05) is 12.1 Å². The van der Waals surface area contributed by atoms with Gasteiger partial charge in [-0.05, 0) is 24.3 Å². The van der Waals surface area contributed by atoms with E-state index in [1.165, 1.54) is 19.1 Å². The van der Waals surface area contributed by atoms with E-state index in [4.69, 9.17) is 18.9 Å². The Hall–Kier alpha value is -3.79. The molecule has 2 saturated heterocycles. The topological polar surface area (TPSA) is 97.9 Å². The minimum atomic E-state index is -0.706. The Bertz CT molecular complexity index is 1150. The van der Waals surface area contributed by atoms with Gasteiger partial charge in [0.2, 0.25) is 12.0 Å². The maximum atomic E-state index is 13.3. The smallest absolute Gasteiger partial charge is 0.267 e. The number of hydrogen-bond acceptors (Lipinski definition) is 8. The predicted molar refractivity (Wildman–Crippen MR) is 125 cm³/mol. The quantitative estimate of drug-likeness (QED) is 0.590. The van der Waals surface area contributed by atoms with Gasteiger partial charge in [-0.25, -0.2) is 4.90 Å². The van der Waals surface area contributed by atoms with Crippen LogP contribution in [0, 0.1) is 0 Å². The van der Waals surface area contributed by atoms with Crippen molar-refractivity contribution in [2.24, 2.45) is 0 Å². The van der Waals surface area contributed by atoms with Crippen LogP contribution in [-0.4, -0.2) is 86.7 Å². The van der Waals surface area contributed by atoms with Crippen LogP contribution in [0.2, 0.25) is 0 Å². The second-order valence-corrected chi connectivity index (χ2v) is 8.55. The van der Waals surface area contributed by atoms with Gasteiger partial charge in [0.05, 0.1) is 32.4 Å². The number of nitrogens with zero attached hydrogens (tertiary/aromatic N) is 3. The summed E-state index contributed by atoms with van der Waals surface area (Å²) in [6.07, 6.45) is -0.633. The average molecular weight is 482 g/mol. The molecule has 0 spiro atoms. The number of ether oxygens (including phenoxy) is 4. The van der Waals surface area contributed by atoms with Crippen LogP contribution in [0.1, 0.15) is 6.42 Å². The molecule has 0 aromatic heterocycles. The second-order valence-electron chi connectivity index (χ2n) is 8.55. The minimum Gasteiger partial charge on any atom is -0.497 e. The van der Waals surface area contributed by atoms with Crippen molar-refractivity contribution in [3.63, 3.8) is 0 Å². The standard InChI is InChI=1S/C25H27N3O7/c1-32-16-7-8-19(33-2)17(13-16)28-23(29)14-18(24(28)30)26-9-11-27(12-10-26)25(31)22-15-34-20-5-3-4-6-21(20)35-22/h3-8,13,18,22H,9-12,14-15H2,1-2H3/t18-,22+/m1/s1. The number of methoxy groups -OCH3 is 2. The van der Waals surface area contributed by atoms with E-state index in [0.717, 1.165) is 0 Å². The fourth-order valence-electron chi connectivity index (χ4n) is 4.72. The average Bonchev–Trinajstić information content (AvgIpc) is 3.20. The van der Waals surface area contributed by atoms with Crippen molar-refractivity contribution in [3.8, 4) is 23.0 Å². The van der Waals surface area contributed by atoms with Gasteiger partial charge in [0.15, 0.2) is 11.5 Å². The lowest BCUT2D eigenvalue weighted by atomic mass is 10.1. The molecule has 184 valence electrons. The SMILES string of the molecule is COc1ccc(OC)c(N2C(=O)C[C@@H](N3CCN(C(=O)[C@@H]4COc5ccccc5O4)CC3)C2=O)c1. The molecule has 2 fully saturated rings. The molecule has 35 heavy (non-hydrogen) atoms. The molecule has 3 amide bonds. The summed E-state index contributed by atoms with van der Waals surface area (Å²) in [5.41, 5.74) is 0.368. The number of amides is 3. The third kappa shape index (κ3) is 4.25. The Labute approximate surface area is 202 Å².